The number of aliphatic hydroxyl groups excluding tert-OH is 3. The maximum Gasteiger partial charge on any atom is 0.331 e. The lowest BCUT2D eigenvalue weighted by molar-refractivity contribution is -0.317. The molecule has 0 radical (unpaired) electrons. The second kappa shape index (κ2) is 9.31. The third-order valence-electron chi connectivity index (χ3n) is 12.0. The summed E-state index contributed by atoms with van der Waals surface area (Å²) < 4.78 is 16.9. The summed E-state index contributed by atoms with van der Waals surface area (Å²) in [5.74, 6) is -0.616. The number of ether oxygens (including phenoxy) is 3. The van der Waals surface area contributed by atoms with E-state index in [0.717, 1.165) is 18.3 Å². The molecule has 0 bridgehead atoms. The lowest BCUT2D eigenvalue weighted by Crippen LogP contribution is -2.69. The zero-order valence-electron chi connectivity index (χ0n) is 22.7. The van der Waals surface area contributed by atoms with Crippen LogP contribution in [-0.4, -0.2) is 92.4 Å². The highest BCUT2D eigenvalue weighted by atomic mass is 16.7. The molecule has 10 nitrogen and oxygen atoms in total. The number of rotatable bonds is 4. The molecule has 10 heteroatoms. The number of carbonyl (C=O) groups is 2. The summed E-state index contributed by atoms with van der Waals surface area (Å²) in [6, 6.07) is 0. The predicted octanol–water partition coefficient (Wildman–Crippen LogP) is 0.750. The van der Waals surface area contributed by atoms with Gasteiger partial charge in [0.2, 0.25) is 0 Å². The molecule has 0 amide bonds. The van der Waals surface area contributed by atoms with Crippen molar-refractivity contribution in [1.82, 2.24) is 0 Å². The van der Waals surface area contributed by atoms with E-state index < -0.39 is 58.8 Å². The fourth-order valence-corrected chi connectivity index (χ4v) is 9.75. The van der Waals surface area contributed by atoms with Gasteiger partial charge in [0.25, 0.3) is 0 Å². The molecule has 6 rings (SSSR count). The van der Waals surface area contributed by atoms with Gasteiger partial charge in [0.05, 0.1) is 28.8 Å². The van der Waals surface area contributed by atoms with Crippen molar-refractivity contribution in [3.8, 4) is 0 Å². The van der Waals surface area contributed by atoms with Gasteiger partial charge in [-0.15, -0.1) is 0 Å². The van der Waals surface area contributed by atoms with Crippen LogP contribution >= 0.6 is 0 Å². The molecular weight excluding hydrogens is 508 g/mol. The maximum absolute atomic E-state index is 13.0. The first-order chi connectivity index (χ1) is 18.4. The van der Waals surface area contributed by atoms with Crippen molar-refractivity contribution >= 4 is 12.3 Å². The SMILES string of the molecule is C[C@@H]1O[C@@H](O[C@H]2CC[C@]3(C=O)[C@H]4CC[C@]5(C)[C@@H](C6=CC(=O)OC6)CC[C@]5(O)C4CC[C@]3(O)C2)[C@H](O)[C@H](O)[C@H]1O. The molecular formula is C29H42O10. The molecule has 2 heterocycles. The fourth-order valence-electron chi connectivity index (χ4n) is 9.75. The van der Waals surface area contributed by atoms with Crippen LogP contribution in [0.25, 0.3) is 0 Å². The normalized spacial score (nSPS) is 55.2. The molecule has 1 unspecified atom stereocenters. The quantitative estimate of drug-likeness (QED) is 0.192. The van der Waals surface area contributed by atoms with E-state index in [1.54, 1.807) is 13.0 Å². The summed E-state index contributed by atoms with van der Waals surface area (Å²) in [6.45, 7) is 3.98. The van der Waals surface area contributed by atoms with Crippen LogP contribution in [0.4, 0.5) is 0 Å². The summed E-state index contributed by atoms with van der Waals surface area (Å²) >= 11 is 0. The summed E-state index contributed by atoms with van der Waals surface area (Å²) in [4.78, 5) is 24.8. The van der Waals surface area contributed by atoms with Gasteiger partial charge in [0.1, 0.15) is 31.2 Å². The smallest absolute Gasteiger partial charge is 0.331 e. The summed E-state index contributed by atoms with van der Waals surface area (Å²) in [5.41, 5.74) is -2.86. The third-order valence-corrected chi connectivity index (χ3v) is 12.0. The van der Waals surface area contributed by atoms with Crippen LogP contribution in [0.15, 0.2) is 11.6 Å². The van der Waals surface area contributed by atoms with Crippen LogP contribution in [0.2, 0.25) is 0 Å². The van der Waals surface area contributed by atoms with Crippen molar-refractivity contribution in [2.75, 3.05) is 6.61 Å². The molecule has 4 aliphatic carbocycles. The summed E-state index contributed by atoms with van der Waals surface area (Å²) in [5, 5.41) is 55.0. The highest BCUT2D eigenvalue weighted by Crippen LogP contribution is 2.70. The minimum absolute atomic E-state index is 0.0465. The molecule has 5 fully saturated rings. The lowest BCUT2D eigenvalue weighted by atomic mass is 9.41. The molecule has 6 aliphatic rings. The monoisotopic (exact) mass is 550 g/mol. The highest BCUT2D eigenvalue weighted by Gasteiger charge is 2.71. The maximum atomic E-state index is 13.0. The van der Waals surface area contributed by atoms with E-state index in [-0.39, 0.29) is 36.8 Å². The van der Waals surface area contributed by atoms with Crippen molar-refractivity contribution in [1.29, 1.82) is 0 Å². The Morgan fingerprint density at radius 2 is 1.72 bits per heavy atom. The molecule has 218 valence electrons. The first-order valence-electron chi connectivity index (χ1n) is 14.5. The standard InChI is InChI=1S/C29H42O10/c1-15-22(32)23(33)24(34)25(38-15)39-17-3-8-27(14-30)19-4-7-26(2)18(16-11-21(31)37-13-16)6-10-29(26,36)20(19)5-9-28(27,35)12-17/h11,14-15,17-20,22-25,32-36H,3-10,12-13H2,1-2H3/t15-,17-,18+,19-,20?,22-,23+,24+,25-,26+,27-,28-,29-/m0/s1. The second-order valence-electron chi connectivity index (χ2n) is 13.4. The Morgan fingerprint density at radius 1 is 0.974 bits per heavy atom. The summed E-state index contributed by atoms with van der Waals surface area (Å²) in [6.07, 6.45) is 0.689. The minimum atomic E-state index is -1.43. The average Bonchev–Trinajstić information content (AvgIpc) is 3.45. The largest absolute Gasteiger partial charge is 0.458 e. The molecule has 4 saturated carbocycles. The Kier molecular flexibility index (Phi) is 6.62. The molecule has 0 aromatic rings. The first-order valence-corrected chi connectivity index (χ1v) is 14.5. The number of fused-ring (bicyclic) bond motifs is 5. The first kappa shape index (κ1) is 27.8. The van der Waals surface area contributed by atoms with Gasteiger partial charge in [-0.2, -0.15) is 0 Å². The van der Waals surface area contributed by atoms with Crippen LogP contribution < -0.4 is 0 Å². The van der Waals surface area contributed by atoms with Gasteiger partial charge in [-0.3, -0.25) is 0 Å². The zero-order valence-corrected chi connectivity index (χ0v) is 22.7. The molecule has 5 N–H and O–H groups in total. The Bertz CT molecular complexity index is 1050. The van der Waals surface area contributed by atoms with Crippen LogP contribution in [0, 0.1) is 28.6 Å². The molecule has 1 saturated heterocycles. The van der Waals surface area contributed by atoms with E-state index in [9.17, 15) is 35.1 Å². The number of aliphatic hydroxyl groups is 5. The lowest BCUT2D eigenvalue weighted by Gasteiger charge is -2.65. The average molecular weight is 551 g/mol. The van der Waals surface area contributed by atoms with E-state index in [4.69, 9.17) is 14.2 Å². The van der Waals surface area contributed by atoms with Gasteiger partial charge in [-0.25, -0.2) is 4.79 Å². The van der Waals surface area contributed by atoms with Crippen LogP contribution in [0.3, 0.4) is 0 Å². The van der Waals surface area contributed by atoms with Crippen LogP contribution in [0.1, 0.15) is 71.6 Å². The van der Waals surface area contributed by atoms with Gasteiger partial charge in [0.15, 0.2) is 6.29 Å². The van der Waals surface area contributed by atoms with Crippen molar-refractivity contribution in [2.45, 2.75) is 120 Å². The highest BCUT2D eigenvalue weighted by molar-refractivity contribution is 5.85. The molecule has 13 atom stereocenters. The minimum Gasteiger partial charge on any atom is -0.458 e. The van der Waals surface area contributed by atoms with Crippen molar-refractivity contribution in [3.63, 3.8) is 0 Å². The van der Waals surface area contributed by atoms with Crippen molar-refractivity contribution < 1.29 is 49.3 Å². The topological polar surface area (TPSA) is 163 Å². The van der Waals surface area contributed by atoms with E-state index in [1.165, 1.54) is 0 Å². The Labute approximate surface area is 228 Å². The number of cyclic esters (lactones) is 1. The van der Waals surface area contributed by atoms with Crippen molar-refractivity contribution in [2.24, 2.45) is 28.6 Å². The zero-order chi connectivity index (χ0) is 28.0. The molecule has 0 aromatic carbocycles. The van der Waals surface area contributed by atoms with E-state index in [1.807, 2.05) is 0 Å². The number of hydrogen-bond donors (Lipinski definition) is 5. The number of aldehydes is 1. The summed E-state index contributed by atoms with van der Waals surface area (Å²) in [7, 11) is 0. The number of hydrogen-bond acceptors (Lipinski definition) is 10. The third kappa shape index (κ3) is 3.78. The molecule has 2 aliphatic heterocycles. The van der Waals surface area contributed by atoms with Crippen LogP contribution in [0.5, 0.6) is 0 Å². The molecule has 0 aromatic heterocycles. The second-order valence-corrected chi connectivity index (χ2v) is 13.4. The van der Waals surface area contributed by atoms with E-state index in [2.05, 4.69) is 6.92 Å². The van der Waals surface area contributed by atoms with Crippen LogP contribution in [-0.2, 0) is 23.8 Å². The number of esters is 1. The van der Waals surface area contributed by atoms with E-state index in [0.29, 0.717) is 44.9 Å². The van der Waals surface area contributed by atoms with Gasteiger partial charge in [0, 0.05) is 17.9 Å². The van der Waals surface area contributed by atoms with Gasteiger partial charge in [-0.1, -0.05) is 6.92 Å². The van der Waals surface area contributed by atoms with Gasteiger partial charge in [-0.05, 0) is 81.6 Å². The predicted molar refractivity (Wildman–Crippen MR) is 135 cm³/mol. The van der Waals surface area contributed by atoms with Gasteiger partial charge >= 0.3 is 5.97 Å². The van der Waals surface area contributed by atoms with Crippen molar-refractivity contribution in [3.05, 3.63) is 11.6 Å². The Balaban J connectivity index is 1.22. The van der Waals surface area contributed by atoms with Gasteiger partial charge < -0.3 is 44.5 Å². The Hall–Kier alpha value is -1.40. The molecule has 0 spiro atoms. The molecule has 39 heavy (non-hydrogen) atoms. The van der Waals surface area contributed by atoms with E-state index >= 15 is 0 Å². The number of carbonyl (C=O) groups excluding carboxylic acids is 2. The Morgan fingerprint density at radius 3 is 2.41 bits per heavy atom. The fraction of sp³-hybridized carbons (Fsp3) is 0.862.